The second kappa shape index (κ2) is 9.47. The molecule has 0 bridgehead atoms. The van der Waals surface area contributed by atoms with E-state index in [1.807, 2.05) is 10.4 Å². The van der Waals surface area contributed by atoms with Gasteiger partial charge in [-0.05, 0) is 25.8 Å². The van der Waals surface area contributed by atoms with E-state index in [-0.39, 0.29) is 29.1 Å². The Balaban J connectivity index is 1.65. The van der Waals surface area contributed by atoms with Crippen molar-refractivity contribution in [3.8, 4) is 23.1 Å². The summed E-state index contributed by atoms with van der Waals surface area (Å²) in [5, 5.41) is 12.3. The van der Waals surface area contributed by atoms with Crippen LogP contribution < -0.4 is 5.32 Å². The standard InChI is InChI=1S/C21H21F3N8OS/c1-13-16(9-25)26-6-3-18(13)31-11-17(28-12-31)19-15(21(22,23)24)10-27-20(30-19)29-14-4-7-32(8-5-14)34(2)33/h3,6,10-12,14H,4-5,7-8H2,1-2H3,(H,27,29,30). The van der Waals surface area contributed by atoms with Gasteiger partial charge in [-0.2, -0.15) is 18.4 Å². The van der Waals surface area contributed by atoms with Crippen molar-refractivity contribution in [2.45, 2.75) is 32.0 Å². The van der Waals surface area contributed by atoms with Crippen molar-refractivity contribution in [2.24, 2.45) is 0 Å². The van der Waals surface area contributed by atoms with Crippen LogP contribution in [0, 0.1) is 18.3 Å². The number of nitrogens with one attached hydrogen (secondary N) is 1. The van der Waals surface area contributed by atoms with Crippen LogP contribution in [0.15, 0.2) is 31.0 Å². The fourth-order valence-corrected chi connectivity index (χ4v) is 4.51. The van der Waals surface area contributed by atoms with Gasteiger partial charge in [0.1, 0.15) is 28.7 Å². The van der Waals surface area contributed by atoms with Crippen molar-refractivity contribution in [2.75, 3.05) is 24.7 Å². The zero-order valence-electron chi connectivity index (χ0n) is 18.4. The van der Waals surface area contributed by atoms with Crippen LogP contribution in [0.4, 0.5) is 19.1 Å². The lowest BCUT2D eigenvalue weighted by atomic mass is 10.1. The average Bonchev–Trinajstić information content (AvgIpc) is 3.29. The van der Waals surface area contributed by atoms with Crippen molar-refractivity contribution < 1.29 is 17.4 Å². The molecule has 0 radical (unpaired) electrons. The second-order valence-corrected chi connectivity index (χ2v) is 9.17. The first-order valence-electron chi connectivity index (χ1n) is 10.4. The zero-order chi connectivity index (χ0) is 24.5. The molecule has 9 nitrogen and oxygen atoms in total. The van der Waals surface area contributed by atoms with Gasteiger partial charge in [0.05, 0.1) is 23.0 Å². The Morgan fingerprint density at radius 1 is 1.24 bits per heavy atom. The summed E-state index contributed by atoms with van der Waals surface area (Å²) in [5.41, 5.74) is 0.0475. The monoisotopic (exact) mass is 490 g/mol. The van der Waals surface area contributed by atoms with E-state index >= 15 is 0 Å². The molecule has 3 aromatic heterocycles. The molecule has 1 atom stereocenters. The van der Waals surface area contributed by atoms with E-state index in [1.165, 1.54) is 23.3 Å². The van der Waals surface area contributed by atoms with Crippen molar-refractivity contribution in [1.82, 2.24) is 28.8 Å². The predicted octanol–water partition coefficient (Wildman–Crippen LogP) is 3.09. The molecule has 4 heterocycles. The minimum absolute atomic E-state index is 0.0173. The van der Waals surface area contributed by atoms with Crippen LogP contribution in [0.25, 0.3) is 17.1 Å². The third-order valence-electron chi connectivity index (χ3n) is 5.63. The number of nitrogens with zero attached hydrogens (tertiary/aromatic N) is 7. The van der Waals surface area contributed by atoms with Crippen molar-refractivity contribution in [3.63, 3.8) is 0 Å². The van der Waals surface area contributed by atoms with Gasteiger partial charge in [0.15, 0.2) is 0 Å². The zero-order valence-corrected chi connectivity index (χ0v) is 19.2. The second-order valence-electron chi connectivity index (χ2n) is 7.81. The van der Waals surface area contributed by atoms with E-state index in [1.54, 1.807) is 19.2 Å². The van der Waals surface area contributed by atoms with Gasteiger partial charge in [0.2, 0.25) is 5.95 Å². The number of hydrogen-bond acceptors (Lipinski definition) is 7. The molecule has 1 unspecified atom stereocenters. The molecule has 0 aliphatic carbocycles. The Kier molecular flexibility index (Phi) is 6.63. The van der Waals surface area contributed by atoms with E-state index in [9.17, 15) is 22.6 Å². The molecule has 0 amide bonds. The first-order valence-corrected chi connectivity index (χ1v) is 11.9. The molecule has 0 aromatic carbocycles. The lowest BCUT2D eigenvalue weighted by Crippen LogP contribution is -2.39. The van der Waals surface area contributed by atoms with Crippen molar-refractivity contribution in [3.05, 3.63) is 47.8 Å². The number of aromatic nitrogens is 5. The molecule has 178 valence electrons. The maximum atomic E-state index is 13.7. The van der Waals surface area contributed by atoms with Crippen molar-refractivity contribution in [1.29, 1.82) is 5.26 Å². The molecule has 1 aliphatic heterocycles. The van der Waals surface area contributed by atoms with Crippen LogP contribution in [-0.4, -0.2) is 58.4 Å². The Morgan fingerprint density at radius 3 is 2.62 bits per heavy atom. The summed E-state index contributed by atoms with van der Waals surface area (Å²) in [6.45, 7) is 2.91. The fraction of sp³-hybridized carbons (Fsp3) is 0.381. The molecule has 3 aromatic rings. The minimum atomic E-state index is -4.67. The number of nitriles is 1. The minimum Gasteiger partial charge on any atom is -0.351 e. The number of halogens is 3. The molecule has 1 aliphatic rings. The topological polar surface area (TPSA) is 113 Å². The van der Waals surface area contributed by atoms with Crippen LogP contribution >= 0.6 is 0 Å². The molecule has 1 N–H and O–H groups in total. The smallest absolute Gasteiger partial charge is 0.351 e. The Bertz CT molecular complexity index is 1260. The molecule has 1 saturated heterocycles. The highest BCUT2D eigenvalue weighted by Gasteiger charge is 2.36. The third-order valence-corrected chi connectivity index (χ3v) is 6.72. The highest BCUT2D eigenvalue weighted by atomic mass is 32.2. The molecular formula is C21H21F3N8OS. The van der Waals surface area contributed by atoms with Crippen LogP contribution in [0.1, 0.15) is 29.7 Å². The first kappa shape index (κ1) is 23.8. The van der Waals surface area contributed by atoms with E-state index in [4.69, 9.17) is 0 Å². The molecule has 1 fully saturated rings. The average molecular weight is 491 g/mol. The molecular weight excluding hydrogens is 469 g/mol. The van der Waals surface area contributed by atoms with E-state index in [0.29, 0.717) is 37.2 Å². The van der Waals surface area contributed by atoms with Crippen LogP contribution in [-0.2, 0) is 17.2 Å². The number of imidazole rings is 1. The summed E-state index contributed by atoms with van der Waals surface area (Å²) >= 11 is 0. The van der Waals surface area contributed by atoms with Gasteiger partial charge in [0.25, 0.3) is 0 Å². The van der Waals surface area contributed by atoms with Crippen LogP contribution in [0.5, 0.6) is 0 Å². The normalized spacial score (nSPS) is 16.2. The molecule has 13 heteroatoms. The van der Waals surface area contributed by atoms with Gasteiger partial charge in [-0.15, -0.1) is 0 Å². The molecule has 34 heavy (non-hydrogen) atoms. The van der Waals surface area contributed by atoms with Crippen molar-refractivity contribution >= 4 is 16.9 Å². The summed E-state index contributed by atoms with van der Waals surface area (Å²) in [7, 11) is -1.06. The summed E-state index contributed by atoms with van der Waals surface area (Å²) in [4.78, 5) is 16.2. The number of rotatable bonds is 5. The van der Waals surface area contributed by atoms with E-state index < -0.39 is 22.7 Å². The van der Waals surface area contributed by atoms with E-state index in [2.05, 4.69) is 25.3 Å². The summed E-state index contributed by atoms with van der Waals surface area (Å²) in [6.07, 6.45) is 3.28. The van der Waals surface area contributed by atoms with Gasteiger partial charge >= 0.3 is 6.18 Å². The van der Waals surface area contributed by atoms with Gasteiger partial charge in [-0.3, -0.25) is 0 Å². The Hall–Kier alpha value is -3.37. The number of alkyl halides is 3. The highest BCUT2D eigenvalue weighted by Crippen LogP contribution is 2.36. The largest absolute Gasteiger partial charge is 0.420 e. The van der Waals surface area contributed by atoms with Gasteiger partial charge in [0, 0.05) is 49.5 Å². The Morgan fingerprint density at radius 2 is 1.97 bits per heavy atom. The predicted molar refractivity (Wildman–Crippen MR) is 119 cm³/mol. The molecule has 0 saturated carbocycles. The number of pyridine rings is 1. The lowest BCUT2D eigenvalue weighted by Gasteiger charge is -2.30. The van der Waals surface area contributed by atoms with Gasteiger partial charge in [-0.25, -0.2) is 28.5 Å². The summed E-state index contributed by atoms with van der Waals surface area (Å²) in [6, 6.07) is 3.58. The summed E-state index contributed by atoms with van der Waals surface area (Å²) < 4.78 is 56.1. The number of hydrogen-bond donors (Lipinski definition) is 1. The Labute approximate surface area is 196 Å². The highest BCUT2D eigenvalue weighted by molar-refractivity contribution is 7.81. The van der Waals surface area contributed by atoms with Crippen LogP contribution in [0.2, 0.25) is 0 Å². The molecule has 4 rings (SSSR count). The fourth-order valence-electron chi connectivity index (χ4n) is 3.79. The SMILES string of the molecule is Cc1c(-n2cnc(-c3nc(NC4CCN(S(C)=O)CC4)ncc3C(F)(F)F)c2)ccnc1C#N. The maximum Gasteiger partial charge on any atom is 0.420 e. The molecule has 0 spiro atoms. The number of piperidine rings is 1. The van der Waals surface area contributed by atoms with Gasteiger partial charge in [-0.1, -0.05) is 0 Å². The van der Waals surface area contributed by atoms with Gasteiger partial charge < -0.3 is 9.88 Å². The quantitative estimate of drug-likeness (QED) is 0.585. The maximum absolute atomic E-state index is 13.7. The van der Waals surface area contributed by atoms with Crippen LogP contribution in [0.3, 0.4) is 0 Å². The summed E-state index contributed by atoms with van der Waals surface area (Å²) in [5.74, 6) is 0.0699. The third kappa shape index (κ3) is 4.92. The first-order chi connectivity index (χ1) is 16.2. The lowest BCUT2D eigenvalue weighted by molar-refractivity contribution is -0.137. The van der Waals surface area contributed by atoms with E-state index in [0.717, 1.165) is 6.20 Å². The number of anilines is 1.